The van der Waals surface area contributed by atoms with Crippen molar-refractivity contribution in [1.29, 1.82) is 0 Å². The van der Waals surface area contributed by atoms with Gasteiger partial charge in [-0.2, -0.15) is 4.98 Å². The molecular weight excluding hydrogens is 477 g/mol. The van der Waals surface area contributed by atoms with E-state index in [2.05, 4.69) is 14.9 Å². The summed E-state index contributed by atoms with van der Waals surface area (Å²) in [4.78, 5) is 15.7. The Morgan fingerprint density at radius 1 is 1.03 bits per heavy atom. The predicted octanol–water partition coefficient (Wildman–Crippen LogP) is 4.11. The zero-order valence-corrected chi connectivity index (χ0v) is 18.2. The Hall–Kier alpha value is -2.17. The molecule has 0 aliphatic rings. The van der Waals surface area contributed by atoms with Gasteiger partial charge in [0.25, 0.3) is 5.89 Å². The minimum absolute atomic E-state index is 0.0241. The number of aromatic nitrogens is 2. The lowest BCUT2D eigenvalue weighted by molar-refractivity contribution is -0.145. The summed E-state index contributed by atoms with van der Waals surface area (Å²) in [7, 11) is -3.99. The van der Waals surface area contributed by atoms with Crippen LogP contribution in [-0.4, -0.2) is 31.1 Å². The normalized spacial score (nSPS) is 11.4. The molecule has 2 aromatic carbocycles. The number of hydrogen-bond donors (Lipinski definition) is 1. The Bertz CT molecular complexity index is 1150. The highest BCUT2D eigenvalue weighted by molar-refractivity contribution is 7.89. The molecule has 0 spiro atoms. The number of carbonyl (C=O) groups is 1. The van der Waals surface area contributed by atoms with Gasteiger partial charge in [0.15, 0.2) is 6.61 Å². The lowest BCUT2D eigenvalue weighted by atomic mass is 10.2. The second-order valence-electron chi connectivity index (χ2n) is 5.85. The lowest BCUT2D eigenvalue weighted by Crippen LogP contribution is -2.27. The predicted molar refractivity (Wildman–Crippen MR) is 111 cm³/mol. The second kappa shape index (κ2) is 9.76. The molecule has 0 radical (unpaired) electrons. The van der Waals surface area contributed by atoms with Gasteiger partial charge in [-0.25, -0.2) is 13.1 Å². The Morgan fingerprint density at radius 2 is 1.70 bits per heavy atom. The zero-order valence-electron chi connectivity index (χ0n) is 15.1. The molecule has 0 aliphatic carbocycles. The summed E-state index contributed by atoms with van der Waals surface area (Å²) in [5.74, 6) is -0.329. The number of esters is 1. The molecule has 0 fully saturated rings. The summed E-state index contributed by atoms with van der Waals surface area (Å²) in [6.45, 7) is -0.449. The van der Waals surface area contributed by atoms with E-state index in [-0.39, 0.29) is 46.2 Å². The average Bonchev–Trinajstić information content (AvgIpc) is 3.15. The number of nitrogens with zero attached hydrogens (tertiary/aromatic N) is 2. The van der Waals surface area contributed by atoms with E-state index < -0.39 is 16.0 Å². The fourth-order valence-corrected chi connectivity index (χ4v) is 4.76. The number of carbonyl (C=O) groups excluding carboxylic acids is 1. The zero-order chi connectivity index (χ0) is 21.7. The first-order valence-electron chi connectivity index (χ1n) is 8.44. The smallest absolute Gasteiger partial charge is 0.307 e. The monoisotopic (exact) mass is 489 g/mol. The Labute approximate surface area is 187 Å². The van der Waals surface area contributed by atoms with E-state index in [4.69, 9.17) is 44.1 Å². The molecule has 3 rings (SSSR count). The maximum atomic E-state index is 12.3. The van der Waals surface area contributed by atoms with Crippen molar-refractivity contribution in [2.24, 2.45) is 0 Å². The van der Waals surface area contributed by atoms with E-state index in [1.54, 1.807) is 24.3 Å². The molecule has 12 heteroatoms. The van der Waals surface area contributed by atoms with Crippen molar-refractivity contribution in [2.45, 2.75) is 17.9 Å². The molecule has 0 unspecified atom stereocenters. The minimum atomic E-state index is -3.99. The van der Waals surface area contributed by atoms with Crippen LogP contribution in [0.15, 0.2) is 51.9 Å². The van der Waals surface area contributed by atoms with Crippen molar-refractivity contribution in [3.8, 4) is 11.5 Å². The van der Waals surface area contributed by atoms with Crippen LogP contribution in [0.5, 0.6) is 0 Å². The van der Waals surface area contributed by atoms with Crippen molar-refractivity contribution >= 4 is 50.8 Å². The highest BCUT2D eigenvalue weighted by Gasteiger charge is 2.21. The molecule has 0 atom stereocenters. The van der Waals surface area contributed by atoms with Crippen LogP contribution < -0.4 is 4.72 Å². The van der Waals surface area contributed by atoms with Crippen LogP contribution in [0.3, 0.4) is 0 Å². The molecule has 1 N–H and O–H groups in total. The fourth-order valence-electron chi connectivity index (χ4n) is 2.37. The van der Waals surface area contributed by atoms with Crippen molar-refractivity contribution in [3.63, 3.8) is 0 Å². The number of benzene rings is 2. The van der Waals surface area contributed by atoms with Gasteiger partial charge in [0.05, 0.1) is 27.1 Å². The number of ether oxygens (including phenoxy) is 1. The van der Waals surface area contributed by atoms with Gasteiger partial charge in [-0.15, -0.1) is 0 Å². The summed E-state index contributed by atoms with van der Waals surface area (Å²) >= 11 is 17.9. The Morgan fingerprint density at radius 3 is 2.40 bits per heavy atom. The van der Waals surface area contributed by atoms with E-state index in [9.17, 15) is 13.2 Å². The van der Waals surface area contributed by atoms with Gasteiger partial charge in [0.1, 0.15) is 4.90 Å². The van der Waals surface area contributed by atoms with Crippen molar-refractivity contribution in [1.82, 2.24) is 14.9 Å². The van der Waals surface area contributed by atoms with Gasteiger partial charge in [-0.05, 0) is 24.3 Å². The van der Waals surface area contributed by atoms with E-state index in [0.29, 0.717) is 10.6 Å². The van der Waals surface area contributed by atoms with Crippen molar-refractivity contribution in [2.75, 3.05) is 6.54 Å². The van der Waals surface area contributed by atoms with E-state index >= 15 is 0 Å². The van der Waals surface area contributed by atoms with Crippen LogP contribution in [0.1, 0.15) is 12.2 Å². The maximum Gasteiger partial charge on any atom is 0.307 e. The standard InChI is InChI=1S/C18H14Cl3N3O5S/c19-12-5-2-1-4-11(12)18-23-15(24-29-18)10-28-16(25)8-9-22-30(26,27)17-13(20)6-3-7-14(17)21/h1-7,22H,8-10H2. The van der Waals surface area contributed by atoms with Crippen LogP contribution in [0.2, 0.25) is 15.1 Å². The molecule has 0 saturated carbocycles. The molecule has 1 heterocycles. The van der Waals surface area contributed by atoms with Crippen molar-refractivity contribution in [3.05, 3.63) is 63.4 Å². The first-order valence-corrected chi connectivity index (χ1v) is 11.1. The first-order chi connectivity index (χ1) is 14.3. The summed E-state index contributed by atoms with van der Waals surface area (Å²) in [6.07, 6.45) is -0.226. The highest BCUT2D eigenvalue weighted by atomic mass is 35.5. The van der Waals surface area contributed by atoms with Crippen LogP contribution in [0.4, 0.5) is 0 Å². The molecule has 0 saturated heterocycles. The molecule has 0 bridgehead atoms. The van der Waals surface area contributed by atoms with Crippen molar-refractivity contribution < 1.29 is 22.5 Å². The van der Waals surface area contributed by atoms with Crippen LogP contribution in [-0.2, 0) is 26.2 Å². The fraction of sp³-hybridized carbons (Fsp3) is 0.167. The summed E-state index contributed by atoms with van der Waals surface area (Å²) in [6, 6.07) is 11.2. The molecular formula is C18H14Cl3N3O5S. The summed E-state index contributed by atoms with van der Waals surface area (Å²) in [5.41, 5.74) is 0.553. The maximum absolute atomic E-state index is 12.3. The Balaban J connectivity index is 1.51. The topological polar surface area (TPSA) is 111 Å². The number of sulfonamides is 1. The van der Waals surface area contributed by atoms with Gasteiger partial charge in [-0.1, -0.05) is 58.2 Å². The van der Waals surface area contributed by atoms with E-state index in [1.807, 2.05) is 0 Å². The molecule has 0 aliphatic heterocycles. The van der Waals surface area contributed by atoms with Gasteiger partial charge in [0.2, 0.25) is 15.8 Å². The average molecular weight is 491 g/mol. The quantitative estimate of drug-likeness (QED) is 0.473. The van der Waals surface area contributed by atoms with Crippen LogP contribution >= 0.6 is 34.8 Å². The first kappa shape index (κ1) is 22.5. The van der Waals surface area contributed by atoms with Gasteiger partial charge < -0.3 is 9.26 Å². The molecule has 1 aromatic heterocycles. The third-order valence-electron chi connectivity index (χ3n) is 3.74. The molecule has 8 nitrogen and oxygen atoms in total. The number of hydrogen-bond acceptors (Lipinski definition) is 7. The molecule has 158 valence electrons. The van der Waals surface area contributed by atoms with Crippen LogP contribution in [0, 0.1) is 0 Å². The SMILES string of the molecule is O=C(CCNS(=O)(=O)c1c(Cl)cccc1Cl)OCc1noc(-c2ccccc2Cl)n1. The number of nitrogens with one attached hydrogen (secondary N) is 1. The number of rotatable bonds is 8. The largest absolute Gasteiger partial charge is 0.457 e. The molecule has 30 heavy (non-hydrogen) atoms. The van der Waals surface area contributed by atoms with E-state index in [1.165, 1.54) is 18.2 Å². The molecule has 0 amide bonds. The third kappa shape index (κ3) is 5.50. The third-order valence-corrected chi connectivity index (χ3v) is 6.49. The van der Waals surface area contributed by atoms with E-state index in [0.717, 1.165) is 0 Å². The summed E-state index contributed by atoms with van der Waals surface area (Å²) < 4.78 is 37.0. The van der Waals surface area contributed by atoms with Gasteiger partial charge in [0, 0.05) is 6.54 Å². The lowest BCUT2D eigenvalue weighted by Gasteiger charge is -2.09. The molecule has 3 aromatic rings. The van der Waals surface area contributed by atoms with Gasteiger partial charge in [-0.3, -0.25) is 4.79 Å². The number of halogens is 3. The minimum Gasteiger partial charge on any atom is -0.457 e. The van der Waals surface area contributed by atoms with Gasteiger partial charge >= 0.3 is 5.97 Å². The Kier molecular flexibility index (Phi) is 7.32. The summed E-state index contributed by atoms with van der Waals surface area (Å²) in [5, 5.41) is 4.11. The van der Waals surface area contributed by atoms with Crippen LogP contribution in [0.25, 0.3) is 11.5 Å². The highest BCUT2D eigenvalue weighted by Crippen LogP contribution is 2.28. The second-order valence-corrected chi connectivity index (χ2v) is 8.78.